The number of hydrogen-bond acceptors (Lipinski definition) is 4. The van der Waals surface area contributed by atoms with Crippen molar-refractivity contribution in [1.29, 1.82) is 0 Å². The Morgan fingerprint density at radius 3 is 2.19 bits per heavy atom. The second-order valence-electron chi connectivity index (χ2n) is 6.60. The predicted molar refractivity (Wildman–Crippen MR) is 123 cm³/mol. The number of anilines is 2. The molecule has 0 unspecified atom stereocenters. The van der Waals surface area contributed by atoms with Crippen molar-refractivity contribution in [3.8, 4) is 5.75 Å². The first-order chi connectivity index (χ1) is 14.8. The fraction of sp³-hybridized carbons (Fsp3) is 0.136. The van der Waals surface area contributed by atoms with Crippen molar-refractivity contribution in [1.82, 2.24) is 0 Å². The molecule has 3 aromatic carbocycles. The lowest BCUT2D eigenvalue weighted by molar-refractivity contribution is -0.122. The third kappa shape index (κ3) is 6.37. The number of nitrogens with one attached hydrogen (secondary N) is 2. The molecule has 6 nitrogen and oxygen atoms in total. The Labute approximate surface area is 191 Å². The number of ether oxygens (including phenoxy) is 1. The molecule has 0 saturated carbocycles. The van der Waals surface area contributed by atoms with Gasteiger partial charge >= 0.3 is 0 Å². The molecule has 0 heterocycles. The van der Waals surface area contributed by atoms with Crippen molar-refractivity contribution in [2.75, 3.05) is 10.0 Å². The average Bonchev–Trinajstić information content (AvgIpc) is 2.74. The van der Waals surface area contributed by atoms with Crippen molar-refractivity contribution >= 4 is 50.5 Å². The first-order valence-electron chi connectivity index (χ1n) is 9.38. The van der Waals surface area contributed by atoms with Gasteiger partial charge in [-0.05, 0) is 73.2 Å². The van der Waals surface area contributed by atoms with E-state index < -0.39 is 16.1 Å². The molecule has 3 rings (SSSR count). The van der Waals surface area contributed by atoms with Gasteiger partial charge in [-0.3, -0.25) is 9.52 Å². The van der Waals surface area contributed by atoms with Gasteiger partial charge in [-0.1, -0.05) is 36.2 Å². The largest absolute Gasteiger partial charge is 0.481 e. The molecule has 0 spiro atoms. The summed E-state index contributed by atoms with van der Waals surface area (Å²) in [7, 11) is -3.78. The Balaban J connectivity index is 1.66. The Morgan fingerprint density at radius 1 is 0.935 bits per heavy atom. The zero-order valence-corrected chi connectivity index (χ0v) is 18.8. The van der Waals surface area contributed by atoms with Gasteiger partial charge in [-0.25, -0.2) is 8.42 Å². The molecule has 0 aromatic heterocycles. The smallest absolute Gasteiger partial charge is 0.265 e. The number of carbonyl (C=O) groups excluding carboxylic acids is 1. The third-order valence-corrected chi connectivity index (χ3v) is 6.15. The minimum absolute atomic E-state index is 0.0580. The van der Waals surface area contributed by atoms with Crippen LogP contribution in [0.3, 0.4) is 0 Å². The standard InChI is InChI=1S/C22H20Cl2N2O4S/c1-2-21(30-19-5-3-4-16(24)14-19)22(27)25-17-10-12-20(13-11-17)31(28,29)26-18-8-6-15(23)7-9-18/h3-14,21,26H,2H2,1H3,(H,25,27)/t21-/m1/s1. The summed E-state index contributed by atoms with van der Waals surface area (Å²) in [5, 5.41) is 3.75. The van der Waals surface area contributed by atoms with E-state index in [9.17, 15) is 13.2 Å². The molecule has 31 heavy (non-hydrogen) atoms. The summed E-state index contributed by atoms with van der Waals surface area (Å²) in [5.74, 6) is 0.140. The SMILES string of the molecule is CC[C@@H](Oc1cccc(Cl)c1)C(=O)Nc1ccc(S(=O)(=O)Nc2ccc(Cl)cc2)cc1. The maximum absolute atomic E-state index is 12.6. The minimum atomic E-state index is -3.78. The van der Waals surface area contributed by atoms with Crippen LogP contribution in [0.15, 0.2) is 77.7 Å². The molecule has 0 aliphatic heterocycles. The molecule has 0 saturated heterocycles. The first-order valence-corrected chi connectivity index (χ1v) is 11.6. The Morgan fingerprint density at radius 2 is 1.58 bits per heavy atom. The molecule has 9 heteroatoms. The quantitative estimate of drug-likeness (QED) is 0.441. The summed E-state index contributed by atoms with van der Waals surface area (Å²) in [5.41, 5.74) is 0.842. The van der Waals surface area contributed by atoms with Crippen LogP contribution in [-0.4, -0.2) is 20.4 Å². The number of halogens is 2. The highest BCUT2D eigenvalue weighted by Gasteiger charge is 2.19. The molecule has 1 atom stereocenters. The number of amides is 1. The molecule has 0 aliphatic carbocycles. The molecule has 0 fully saturated rings. The highest BCUT2D eigenvalue weighted by Crippen LogP contribution is 2.22. The normalized spacial score (nSPS) is 12.1. The van der Waals surface area contributed by atoms with Crippen LogP contribution in [-0.2, 0) is 14.8 Å². The van der Waals surface area contributed by atoms with Crippen LogP contribution >= 0.6 is 23.2 Å². The third-order valence-electron chi connectivity index (χ3n) is 4.27. The van der Waals surface area contributed by atoms with E-state index in [0.717, 1.165) is 0 Å². The van der Waals surface area contributed by atoms with Gasteiger partial charge < -0.3 is 10.1 Å². The van der Waals surface area contributed by atoms with Crippen LogP contribution in [0.4, 0.5) is 11.4 Å². The van der Waals surface area contributed by atoms with Gasteiger partial charge in [0.25, 0.3) is 15.9 Å². The molecular weight excluding hydrogens is 459 g/mol. The van der Waals surface area contributed by atoms with E-state index in [-0.39, 0.29) is 10.8 Å². The Kier molecular flexibility index (Phi) is 7.43. The number of rotatable bonds is 8. The summed E-state index contributed by atoms with van der Waals surface area (Å²) in [4.78, 5) is 12.6. The minimum Gasteiger partial charge on any atom is -0.481 e. The van der Waals surface area contributed by atoms with E-state index >= 15 is 0 Å². The van der Waals surface area contributed by atoms with Crippen molar-refractivity contribution in [2.45, 2.75) is 24.3 Å². The highest BCUT2D eigenvalue weighted by atomic mass is 35.5. The molecule has 162 valence electrons. The summed E-state index contributed by atoms with van der Waals surface area (Å²) in [6.07, 6.45) is -0.288. The van der Waals surface area contributed by atoms with E-state index in [1.54, 1.807) is 48.5 Å². The molecular formula is C22H20Cl2N2O4S. The van der Waals surface area contributed by atoms with E-state index in [1.165, 1.54) is 24.3 Å². The summed E-state index contributed by atoms with van der Waals surface area (Å²) in [6, 6.07) is 19.0. The van der Waals surface area contributed by atoms with Gasteiger partial charge in [0, 0.05) is 21.4 Å². The average molecular weight is 479 g/mol. The van der Waals surface area contributed by atoms with Gasteiger partial charge in [-0.15, -0.1) is 0 Å². The summed E-state index contributed by atoms with van der Waals surface area (Å²) < 4.78 is 33.3. The topological polar surface area (TPSA) is 84.5 Å². The number of sulfonamides is 1. The maximum Gasteiger partial charge on any atom is 0.265 e. The second-order valence-corrected chi connectivity index (χ2v) is 9.15. The molecule has 0 aliphatic rings. The highest BCUT2D eigenvalue weighted by molar-refractivity contribution is 7.92. The van der Waals surface area contributed by atoms with Crippen LogP contribution in [0.1, 0.15) is 13.3 Å². The number of carbonyl (C=O) groups is 1. The lowest BCUT2D eigenvalue weighted by atomic mass is 10.2. The molecule has 1 amide bonds. The number of hydrogen-bond donors (Lipinski definition) is 2. The lowest BCUT2D eigenvalue weighted by Gasteiger charge is -2.17. The molecule has 0 radical (unpaired) electrons. The van der Waals surface area contributed by atoms with Crippen LogP contribution in [0.2, 0.25) is 10.0 Å². The predicted octanol–water partition coefficient (Wildman–Crippen LogP) is 5.59. The Hall–Kier alpha value is -2.74. The van der Waals surface area contributed by atoms with E-state index in [2.05, 4.69) is 10.0 Å². The zero-order valence-electron chi connectivity index (χ0n) is 16.5. The van der Waals surface area contributed by atoms with Gasteiger partial charge in [-0.2, -0.15) is 0 Å². The van der Waals surface area contributed by atoms with Gasteiger partial charge in [0.15, 0.2) is 6.10 Å². The summed E-state index contributed by atoms with van der Waals surface area (Å²) in [6.45, 7) is 1.83. The second kappa shape index (κ2) is 10.0. The van der Waals surface area contributed by atoms with Crippen LogP contribution in [0, 0.1) is 0 Å². The maximum atomic E-state index is 12.6. The first kappa shape index (κ1) is 22.9. The van der Waals surface area contributed by atoms with E-state index in [4.69, 9.17) is 27.9 Å². The Bertz CT molecular complexity index is 1150. The lowest BCUT2D eigenvalue weighted by Crippen LogP contribution is -2.32. The molecule has 0 bridgehead atoms. The summed E-state index contributed by atoms with van der Waals surface area (Å²) >= 11 is 11.8. The van der Waals surface area contributed by atoms with Crippen LogP contribution < -0.4 is 14.8 Å². The van der Waals surface area contributed by atoms with Crippen molar-refractivity contribution in [2.24, 2.45) is 0 Å². The fourth-order valence-corrected chi connectivity index (χ4v) is 4.06. The van der Waals surface area contributed by atoms with Gasteiger partial charge in [0.1, 0.15) is 5.75 Å². The van der Waals surface area contributed by atoms with Gasteiger partial charge in [0.2, 0.25) is 0 Å². The van der Waals surface area contributed by atoms with Crippen molar-refractivity contribution in [3.05, 3.63) is 82.8 Å². The van der Waals surface area contributed by atoms with Crippen LogP contribution in [0.5, 0.6) is 5.75 Å². The monoisotopic (exact) mass is 478 g/mol. The van der Waals surface area contributed by atoms with Crippen molar-refractivity contribution in [3.63, 3.8) is 0 Å². The molecule has 3 aromatic rings. The molecule has 2 N–H and O–H groups in total. The van der Waals surface area contributed by atoms with Crippen molar-refractivity contribution < 1.29 is 17.9 Å². The zero-order chi connectivity index (χ0) is 22.4. The van der Waals surface area contributed by atoms with E-state index in [1.807, 2.05) is 6.92 Å². The number of benzene rings is 3. The van der Waals surface area contributed by atoms with Gasteiger partial charge in [0.05, 0.1) is 4.90 Å². The van der Waals surface area contributed by atoms with Crippen LogP contribution in [0.25, 0.3) is 0 Å². The fourth-order valence-electron chi connectivity index (χ4n) is 2.70. The van der Waals surface area contributed by atoms with E-state index in [0.29, 0.717) is 33.6 Å².